The van der Waals surface area contributed by atoms with E-state index in [1.807, 2.05) is 4.90 Å². The van der Waals surface area contributed by atoms with E-state index in [1.165, 1.54) is 12.4 Å². The molecule has 0 unspecified atom stereocenters. The van der Waals surface area contributed by atoms with E-state index in [0.717, 1.165) is 6.54 Å². The molecule has 0 spiro atoms. The molecule has 0 bridgehead atoms. The van der Waals surface area contributed by atoms with Gasteiger partial charge in [0.05, 0.1) is 18.1 Å². The van der Waals surface area contributed by atoms with Crippen LogP contribution in [0.15, 0.2) is 12.4 Å². The van der Waals surface area contributed by atoms with Crippen LogP contribution < -0.4 is 4.90 Å². The number of carbonyl (C=O) groups is 1. The minimum Gasteiger partial charge on any atom is -0.340 e. The topological polar surface area (TPSA) is 69.9 Å². The summed E-state index contributed by atoms with van der Waals surface area (Å²) in [5.74, 6) is 1.03. The number of carbonyl (C=O) groups excluding carboxylic acids is 1. The number of aldehydes is 1. The van der Waals surface area contributed by atoms with Crippen LogP contribution in [0.3, 0.4) is 0 Å². The number of nitrogens with zero attached hydrogens (tertiary/aromatic N) is 4. The first-order valence-electron chi connectivity index (χ1n) is 5.56. The number of hydrogen-bond acceptors (Lipinski definition) is 5. The molecule has 0 aliphatic rings. The van der Waals surface area contributed by atoms with Crippen molar-refractivity contribution in [2.75, 3.05) is 18.0 Å². The Morgan fingerprint density at radius 1 is 1.47 bits per heavy atom. The maximum atomic E-state index is 10.5. The molecule has 5 nitrogen and oxygen atoms in total. The van der Waals surface area contributed by atoms with Crippen molar-refractivity contribution in [1.29, 1.82) is 5.26 Å². The minimum atomic E-state index is 0.436. The molecule has 17 heavy (non-hydrogen) atoms. The zero-order valence-corrected chi connectivity index (χ0v) is 10.1. The molecule has 0 aromatic carbocycles. The van der Waals surface area contributed by atoms with Crippen LogP contribution >= 0.6 is 0 Å². The van der Waals surface area contributed by atoms with E-state index >= 15 is 0 Å². The van der Waals surface area contributed by atoms with E-state index in [2.05, 4.69) is 29.9 Å². The summed E-state index contributed by atoms with van der Waals surface area (Å²) in [6, 6.07) is 2.11. The van der Waals surface area contributed by atoms with Crippen molar-refractivity contribution in [2.45, 2.75) is 20.3 Å². The van der Waals surface area contributed by atoms with Gasteiger partial charge in [0.15, 0.2) is 6.29 Å². The molecule has 0 fully saturated rings. The van der Waals surface area contributed by atoms with Gasteiger partial charge in [0.25, 0.3) is 0 Å². The lowest BCUT2D eigenvalue weighted by molar-refractivity contribution is 0.112. The van der Waals surface area contributed by atoms with Crippen molar-refractivity contribution in [3.63, 3.8) is 0 Å². The lowest BCUT2D eigenvalue weighted by Gasteiger charge is -2.23. The van der Waals surface area contributed by atoms with Gasteiger partial charge in [-0.1, -0.05) is 13.8 Å². The zero-order chi connectivity index (χ0) is 12.7. The molecule has 0 N–H and O–H groups in total. The van der Waals surface area contributed by atoms with Gasteiger partial charge in [0, 0.05) is 25.5 Å². The van der Waals surface area contributed by atoms with Crippen molar-refractivity contribution in [2.24, 2.45) is 5.92 Å². The number of aromatic nitrogens is 2. The summed E-state index contributed by atoms with van der Waals surface area (Å²) in [5, 5.41) is 8.61. The molecule has 5 heteroatoms. The highest BCUT2D eigenvalue weighted by Crippen LogP contribution is 2.10. The standard InChI is InChI=1S/C12H16N4O/c1-10(2)8-16(5-3-4-13)12-14-6-11(9-17)7-15-12/h6-7,9-10H,3,5,8H2,1-2H3. The highest BCUT2D eigenvalue weighted by atomic mass is 16.1. The summed E-state index contributed by atoms with van der Waals surface area (Å²) in [6.45, 7) is 5.59. The summed E-state index contributed by atoms with van der Waals surface area (Å²) >= 11 is 0. The normalized spacial score (nSPS) is 10.0. The van der Waals surface area contributed by atoms with Gasteiger partial charge in [0.1, 0.15) is 0 Å². The fourth-order valence-electron chi connectivity index (χ4n) is 1.45. The van der Waals surface area contributed by atoms with Crippen LogP contribution in [0.2, 0.25) is 0 Å². The Bertz CT molecular complexity index is 394. The summed E-state index contributed by atoms with van der Waals surface area (Å²) in [6.07, 6.45) is 4.14. The highest BCUT2D eigenvalue weighted by molar-refractivity contribution is 5.73. The second-order valence-corrected chi connectivity index (χ2v) is 4.18. The Morgan fingerprint density at radius 2 is 2.12 bits per heavy atom. The van der Waals surface area contributed by atoms with Crippen LogP contribution in [0.1, 0.15) is 30.6 Å². The van der Waals surface area contributed by atoms with E-state index in [-0.39, 0.29) is 0 Å². The third-order valence-corrected chi connectivity index (χ3v) is 2.16. The SMILES string of the molecule is CC(C)CN(CCC#N)c1ncc(C=O)cn1. The van der Waals surface area contributed by atoms with Gasteiger partial charge in [-0.3, -0.25) is 4.79 Å². The van der Waals surface area contributed by atoms with Gasteiger partial charge < -0.3 is 4.90 Å². The first-order chi connectivity index (χ1) is 8.17. The molecular formula is C12H16N4O. The lowest BCUT2D eigenvalue weighted by Crippen LogP contribution is -2.30. The highest BCUT2D eigenvalue weighted by Gasteiger charge is 2.10. The fourth-order valence-corrected chi connectivity index (χ4v) is 1.45. The quantitative estimate of drug-likeness (QED) is 0.698. The van der Waals surface area contributed by atoms with Gasteiger partial charge in [-0.2, -0.15) is 5.26 Å². The predicted octanol–water partition coefficient (Wildman–Crippen LogP) is 1.67. The van der Waals surface area contributed by atoms with Gasteiger partial charge >= 0.3 is 0 Å². The summed E-state index contributed by atoms with van der Waals surface area (Å²) in [4.78, 5) is 20.7. The van der Waals surface area contributed by atoms with E-state index in [0.29, 0.717) is 36.7 Å². The Kier molecular flexibility index (Phi) is 5.08. The molecule has 90 valence electrons. The van der Waals surface area contributed by atoms with Gasteiger partial charge in [-0.15, -0.1) is 0 Å². The molecule has 0 atom stereocenters. The lowest BCUT2D eigenvalue weighted by atomic mass is 10.2. The second kappa shape index (κ2) is 6.59. The van der Waals surface area contributed by atoms with Gasteiger partial charge in [-0.05, 0) is 5.92 Å². The average molecular weight is 232 g/mol. The van der Waals surface area contributed by atoms with E-state index in [4.69, 9.17) is 5.26 Å². The molecule has 1 aromatic heterocycles. The fraction of sp³-hybridized carbons (Fsp3) is 0.500. The third kappa shape index (κ3) is 4.19. The predicted molar refractivity (Wildman–Crippen MR) is 64.7 cm³/mol. The maximum absolute atomic E-state index is 10.5. The van der Waals surface area contributed by atoms with Crippen molar-refractivity contribution in [3.8, 4) is 6.07 Å². The average Bonchev–Trinajstić information content (AvgIpc) is 2.34. The van der Waals surface area contributed by atoms with E-state index in [1.54, 1.807) is 0 Å². The Labute approximate surface area is 101 Å². The van der Waals surface area contributed by atoms with Gasteiger partial charge in [-0.25, -0.2) is 9.97 Å². The van der Waals surface area contributed by atoms with Crippen LogP contribution in [-0.2, 0) is 0 Å². The van der Waals surface area contributed by atoms with Crippen LogP contribution in [0.25, 0.3) is 0 Å². The Balaban J connectivity index is 2.79. The molecule has 0 amide bonds. The van der Waals surface area contributed by atoms with Crippen molar-refractivity contribution in [1.82, 2.24) is 9.97 Å². The largest absolute Gasteiger partial charge is 0.340 e. The molecule has 1 rings (SSSR count). The number of anilines is 1. The molecule has 1 heterocycles. The molecule has 0 radical (unpaired) electrons. The molecule has 0 aliphatic heterocycles. The zero-order valence-electron chi connectivity index (χ0n) is 10.1. The van der Waals surface area contributed by atoms with Crippen LogP contribution in [0, 0.1) is 17.2 Å². The van der Waals surface area contributed by atoms with Gasteiger partial charge in [0.2, 0.25) is 5.95 Å². The van der Waals surface area contributed by atoms with Crippen LogP contribution in [0.5, 0.6) is 0 Å². The number of rotatable bonds is 6. The molecule has 0 aliphatic carbocycles. The third-order valence-electron chi connectivity index (χ3n) is 2.16. The van der Waals surface area contributed by atoms with Crippen molar-refractivity contribution >= 4 is 12.2 Å². The monoisotopic (exact) mass is 232 g/mol. The maximum Gasteiger partial charge on any atom is 0.225 e. The van der Waals surface area contributed by atoms with Crippen molar-refractivity contribution < 1.29 is 4.79 Å². The Morgan fingerprint density at radius 3 is 2.59 bits per heavy atom. The summed E-state index contributed by atoms with van der Waals surface area (Å²) in [7, 11) is 0. The molecular weight excluding hydrogens is 216 g/mol. The molecule has 1 aromatic rings. The smallest absolute Gasteiger partial charge is 0.225 e. The van der Waals surface area contributed by atoms with Crippen molar-refractivity contribution in [3.05, 3.63) is 18.0 Å². The van der Waals surface area contributed by atoms with Crippen LogP contribution in [-0.4, -0.2) is 29.3 Å². The molecule has 0 saturated carbocycles. The second-order valence-electron chi connectivity index (χ2n) is 4.18. The summed E-state index contributed by atoms with van der Waals surface area (Å²) in [5.41, 5.74) is 0.457. The first kappa shape index (κ1) is 13.1. The summed E-state index contributed by atoms with van der Waals surface area (Å²) < 4.78 is 0. The molecule has 0 saturated heterocycles. The number of nitriles is 1. The minimum absolute atomic E-state index is 0.436. The Hall–Kier alpha value is -1.96. The number of hydrogen-bond donors (Lipinski definition) is 0. The van der Waals surface area contributed by atoms with E-state index in [9.17, 15) is 4.79 Å². The van der Waals surface area contributed by atoms with E-state index < -0.39 is 0 Å². The van der Waals surface area contributed by atoms with Crippen LogP contribution in [0.4, 0.5) is 5.95 Å². The first-order valence-corrected chi connectivity index (χ1v) is 5.56.